The number of aryl methyl sites for hydroxylation is 2. The van der Waals surface area contributed by atoms with Crippen molar-refractivity contribution in [2.45, 2.75) is 78.6 Å². The lowest BCUT2D eigenvalue weighted by Crippen LogP contribution is -2.42. The topological polar surface area (TPSA) is 60.8 Å². The van der Waals surface area contributed by atoms with Crippen molar-refractivity contribution < 1.29 is 4.79 Å². The number of likely N-dealkylation sites (N-methyl/N-ethyl adjacent to an activating group) is 1. The molecule has 0 bridgehead atoms. The summed E-state index contributed by atoms with van der Waals surface area (Å²) in [5.41, 5.74) is 4.91. The van der Waals surface area contributed by atoms with Gasteiger partial charge in [0, 0.05) is 65.8 Å². The highest BCUT2D eigenvalue weighted by Gasteiger charge is 2.28. The molecule has 7 nitrogen and oxygen atoms in total. The van der Waals surface area contributed by atoms with Crippen LogP contribution in [0.4, 0.5) is 5.69 Å². The predicted octanol–water partition coefficient (Wildman–Crippen LogP) is 4.62. The summed E-state index contributed by atoms with van der Waals surface area (Å²) in [7, 11) is 8.30. The minimum atomic E-state index is -0.210. The number of carbonyl (C=O) groups is 1. The minimum absolute atomic E-state index is 0.0429. The summed E-state index contributed by atoms with van der Waals surface area (Å²) in [6.45, 7) is 10.5. The van der Waals surface area contributed by atoms with Gasteiger partial charge in [0.2, 0.25) is 0 Å². The van der Waals surface area contributed by atoms with E-state index in [1.807, 2.05) is 47.0 Å². The third-order valence-corrected chi connectivity index (χ3v) is 8.32. The molecule has 1 aromatic heterocycles. The number of amides is 1. The van der Waals surface area contributed by atoms with Crippen LogP contribution in [0, 0.1) is 20.8 Å². The Kier molecular flexibility index (Phi) is 10.4. The lowest BCUT2D eigenvalue weighted by molar-refractivity contribution is 0.0950. The first-order valence-corrected chi connectivity index (χ1v) is 14.2. The molecule has 1 amide bonds. The number of nitrogens with one attached hydrogen (secondary N) is 1. The molecule has 1 heterocycles. The van der Waals surface area contributed by atoms with Crippen LogP contribution < -0.4 is 15.8 Å². The molecular weight excluding hydrogens is 498 g/mol. The van der Waals surface area contributed by atoms with E-state index in [2.05, 4.69) is 41.0 Å². The molecule has 0 unspecified atom stereocenters. The Morgan fingerprint density at radius 3 is 2.24 bits per heavy atom. The third-order valence-electron chi connectivity index (χ3n) is 8.10. The van der Waals surface area contributed by atoms with E-state index < -0.39 is 0 Å². The molecule has 0 aliphatic heterocycles. The molecule has 1 aromatic carbocycles. The third kappa shape index (κ3) is 6.99. The van der Waals surface area contributed by atoms with E-state index in [0.717, 1.165) is 48.4 Å². The van der Waals surface area contributed by atoms with Crippen molar-refractivity contribution in [1.82, 2.24) is 19.7 Å². The van der Waals surface area contributed by atoms with Gasteiger partial charge in [-0.15, -0.1) is 0 Å². The molecular formula is C30H46ClN5O2. The standard InChI is InChI=1S/C30H46ClN5O2/c1-9-35(25-12-10-24(11-13-25)34(7)8)28-18-23(31)17-26(22(28)4)29(37)32-19-27-20(2)16-21(3)36(30(27)38)15-14-33(5)6/h16-18,24-25H,9-15,19H2,1-8H3,(H,32,37). The van der Waals surface area contributed by atoms with Crippen LogP contribution in [-0.2, 0) is 13.1 Å². The summed E-state index contributed by atoms with van der Waals surface area (Å²) < 4.78 is 1.79. The molecule has 1 saturated carbocycles. The second kappa shape index (κ2) is 13.1. The Balaban J connectivity index is 1.82. The van der Waals surface area contributed by atoms with Crippen LogP contribution in [0.25, 0.3) is 0 Å². The van der Waals surface area contributed by atoms with E-state index in [-0.39, 0.29) is 18.0 Å². The van der Waals surface area contributed by atoms with Gasteiger partial charge < -0.3 is 24.6 Å². The number of benzene rings is 1. The van der Waals surface area contributed by atoms with Crippen molar-refractivity contribution in [1.29, 1.82) is 0 Å². The van der Waals surface area contributed by atoms with Gasteiger partial charge in [-0.3, -0.25) is 9.59 Å². The van der Waals surface area contributed by atoms with Gasteiger partial charge in [0.15, 0.2) is 0 Å². The zero-order chi connectivity index (χ0) is 28.1. The highest BCUT2D eigenvalue weighted by molar-refractivity contribution is 6.31. The summed E-state index contributed by atoms with van der Waals surface area (Å²) in [6.07, 6.45) is 4.58. The summed E-state index contributed by atoms with van der Waals surface area (Å²) in [4.78, 5) is 33.5. The average Bonchev–Trinajstić information content (AvgIpc) is 2.85. The fourth-order valence-corrected chi connectivity index (χ4v) is 5.95. The van der Waals surface area contributed by atoms with Crippen molar-refractivity contribution in [3.05, 3.63) is 61.5 Å². The zero-order valence-electron chi connectivity index (χ0n) is 24.5. The fourth-order valence-electron chi connectivity index (χ4n) is 5.74. The molecule has 0 radical (unpaired) electrons. The fraction of sp³-hybridized carbons (Fsp3) is 0.600. The van der Waals surface area contributed by atoms with Gasteiger partial charge in [-0.1, -0.05) is 11.6 Å². The van der Waals surface area contributed by atoms with E-state index >= 15 is 0 Å². The van der Waals surface area contributed by atoms with Crippen LogP contribution in [0.1, 0.15) is 65.3 Å². The van der Waals surface area contributed by atoms with Crippen LogP contribution in [0.2, 0.25) is 5.02 Å². The van der Waals surface area contributed by atoms with Gasteiger partial charge in [-0.2, -0.15) is 0 Å². The Hall–Kier alpha value is -2.35. The Bertz CT molecular complexity index is 1180. The second-order valence-electron chi connectivity index (χ2n) is 11.2. The number of pyridine rings is 1. The molecule has 1 aliphatic rings. The van der Waals surface area contributed by atoms with E-state index in [4.69, 9.17) is 11.6 Å². The van der Waals surface area contributed by atoms with Crippen LogP contribution in [0.15, 0.2) is 23.0 Å². The number of carbonyl (C=O) groups excluding carboxylic acids is 1. The Morgan fingerprint density at radius 1 is 1.03 bits per heavy atom. The van der Waals surface area contributed by atoms with E-state index in [0.29, 0.717) is 34.8 Å². The van der Waals surface area contributed by atoms with Crippen molar-refractivity contribution in [2.24, 2.45) is 0 Å². The highest BCUT2D eigenvalue weighted by atomic mass is 35.5. The molecule has 2 aromatic rings. The van der Waals surface area contributed by atoms with E-state index in [9.17, 15) is 9.59 Å². The number of hydrogen-bond acceptors (Lipinski definition) is 5. The van der Waals surface area contributed by atoms with Crippen LogP contribution in [0.3, 0.4) is 0 Å². The molecule has 0 spiro atoms. The summed E-state index contributed by atoms with van der Waals surface area (Å²) in [5.74, 6) is -0.210. The van der Waals surface area contributed by atoms with E-state index in [1.54, 1.807) is 10.6 Å². The first-order valence-electron chi connectivity index (χ1n) is 13.8. The maximum atomic E-state index is 13.4. The van der Waals surface area contributed by atoms with Crippen molar-refractivity contribution in [3.8, 4) is 0 Å². The van der Waals surface area contributed by atoms with Gasteiger partial charge in [0.1, 0.15) is 0 Å². The summed E-state index contributed by atoms with van der Waals surface area (Å²) in [6, 6.07) is 6.81. The van der Waals surface area contributed by atoms with Gasteiger partial charge in [-0.05, 0) is 111 Å². The molecule has 8 heteroatoms. The number of nitrogens with zero attached hydrogens (tertiary/aromatic N) is 4. The summed E-state index contributed by atoms with van der Waals surface area (Å²) in [5, 5.41) is 3.56. The predicted molar refractivity (Wildman–Crippen MR) is 159 cm³/mol. The number of aromatic nitrogens is 1. The molecule has 1 N–H and O–H groups in total. The average molecular weight is 544 g/mol. The van der Waals surface area contributed by atoms with Crippen LogP contribution in [-0.4, -0.2) is 73.6 Å². The quantitative estimate of drug-likeness (QED) is 0.474. The lowest BCUT2D eigenvalue weighted by Gasteiger charge is -2.40. The highest BCUT2D eigenvalue weighted by Crippen LogP contribution is 2.34. The second-order valence-corrected chi connectivity index (χ2v) is 11.6. The van der Waals surface area contributed by atoms with Crippen LogP contribution in [0.5, 0.6) is 0 Å². The Morgan fingerprint density at radius 2 is 1.66 bits per heavy atom. The Labute approximate surface area is 233 Å². The SMILES string of the molecule is CCN(c1cc(Cl)cc(C(=O)NCc2c(C)cc(C)n(CCN(C)C)c2=O)c1C)C1CCC(N(C)C)CC1. The van der Waals surface area contributed by atoms with Gasteiger partial charge in [0.25, 0.3) is 11.5 Å². The van der Waals surface area contributed by atoms with Crippen molar-refractivity contribution in [2.75, 3.05) is 46.2 Å². The van der Waals surface area contributed by atoms with Crippen molar-refractivity contribution >= 4 is 23.2 Å². The first kappa shape index (κ1) is 30.2. The molecule has 0 atom stereocenters. The maximum absolute atomic E-state index is 13.4. The number of rotatable bonds is 10. The van der Waals surface area contributed by atoms with Crippen molar-refractivity contribution in [3.63, 3.8) is 0 Å². The minimum Gasteiger partial charge on any atom is -0.369 e. The first-order chi connectivity index (χ1) is 17.9. The lowest BCUT2D eigenvalue weighted by atomic mass is 9.89. The zero-order valence-corrected chi connectivity index (χ0v) is 25.3. The van der Waals surface area contributed by atoms with Gasteiger partial charge >= 0.3 is 0 Å². The molecule has 38 heavy (non-hydrogen) atoms. The normalized spacial score (nSPS) is 17.8. The monoisotopic (exact) mass is 543 g/mol. The number of hydrogen-bond donors (Lipinski definition) is 1. The molecule has 1 aliphatic carbocycles. The summed E-state index contributed by atoms with van der Waals surface area (Å²) >= 11 is 6.57. The van der Waals surface area contributed by atoms with Gasteiger partial charge in [0.05, 0.1) is 0 Å². The maximum Gasteiger partial charge on any atom is 0.256 e. The molecule has 0 saturated heterocycles. The molecule has 210 valence electrons. The molecule has 3 rings (SSSR count). The van der Waals surface area contributed by atoms with E-state index in [1.165, 1.54) is 12.8 Å². The number of halogens is 1. The smallest absolute Gasteiger partial charge is 0.256 e. The number of anilines is 1. The van der Waals surface area contributed by atoms with Gasteiger partial charge in [-0.25, -0.2) is 0 Å². The largest absolute Gasteiger partial charge is 0.369 e. The molecule has 1 fully saturated rings. The van der Waals surface area contributed by atoms with Crippen LogP contribution >= 0.6 is 11.6 Å².